The summed E-state index contributed by atoms with van der Waals surface area (Å²) in [7, 11) is -4.07. The van der Waals surface area contributed by atoms with E-state index < -0.39 is 57.3 Å². The Morgan fingerprint density at radius 1 is 1.11 bits per heavy atom. The summed E-state index contributed by atoms with van der Waals surface area (Å²) >= 11 is 0. The molecule has 0 aromatic heterocycles. The van der Waals surface area contributed by atoms with Gasteiger partial charge in [-0.05, 0) is 39.0 Å². The quantitative estimate of drug-likeness (QED) is 0.525. The molecule has 0 fully saturated rings. The first-order valence-corrected chi connectivity index (χ1v) is 9.18. The van der Waals surface area contributed by atoms with Gasteiger partial charge in [-0.2, -0.15) is 0 Å². The van der Waals surface area contributed by atoms with Gasteiger partial charge in [0, 0.05) is 0 Å². The number of benzene rings is 1. The van der Waals surface area contributed by atoms with Gasteiger partial charge in [0.05, 0.1) is 17.1 Å². The summed E-state index contributed by atoms with van der Waals surface area (Å²) in [5, 5.41) is 11.5. The van der Waals surface area contributed by atoms with Gasteiger partial charge in [-0.3, -0.25) is 9.59 Å². The van der Waals surface area contributed by atoms with Crippen molar-refractivity contribution in [2.75, 3.05) is 18.4 Å². The molecule has 0 atom stereocenters. The van der Waals surface area contributed by atoms with Gasteiger partial charge in [0.15, 0.2) is 0 Å². The Morgan fingerprint density at radius 3 is 2.22 bits per heavy atom. The monoisotopic (exact) mass is 404 g/mol. The highest BCUT2D eigenvalue weighted by Gasteiger charge is 2.17. The van der Waals surface area contributed by atoms with Gasteiger partial charge < -0.3 is 20.7 Å². The zero-order chi connectivity index (χ0) is 20.8. The number of ether oxygens (including phenoxy) is 1. The maximum atomic E-state index is 13.8. The molecule has 1 aromatic rings. The number of carbonyl (C=O) groups excluding carboxylic acids is 3. The highest BCUT2D eigenvalue weighted by molar-refractivity contribution is 7.89. The highest BCUT2D eigenvalue weighted by atomic mass is 32.2. The summed E-state index contributed by atoms with van der Waals surface area (Å²) in [5.74, 6) is -2.43. The van der Waals surface area contributed by atoms with Crippen LogP contribution in [0, 0.1) is 5.82 Å². The summed E-state index contributed by atoms with van der Waals surface area (Å²) in [5.41, 5.74) is -1.00. The molecule has 5 N–H and O–H groups in total. The van der Waals surface area contributed by atoms with E-state index in [1.807, 2.05) is 0 Å². The van der Waals surface area contributed by atoms with Crippen LogP contribution >= 0.6 is 0 Å². The molecule has 0 aliphatic rings. The lowest BCUT2D eigenvalue weighted by molar-refractivity contribution is -0.123. The third kappa shape index (κ3) is 8.46. The fraction of sp³-hybridized carbons (Fsp3) is 0.400. The third-order valence-electron chi connectivity index (χ3n) is 2.78. The highest BCUT2D eigenvalue weighted by Crippen LogP contribution is 2.17. The first-order valence-electron chi connectivity index (χ1n) is 7.64. The standard InChI is InChI=1S/C15H21FN4O6S/c1-15(2,3)26-14(23)19-7-12(21)18-8-13(22)20-11-5-4-9(6-10(11)16)27(17,24)25/h4-6H,7-8H2,1-3H3,(H,18,21)(H,19,23)(H,20,22)(H2,17,24,25). The van der Waals surface area contributed by atoms with E-state index in [9.17, 15) is 27.2 Å². The number of anilines is 1. The van der Waals surface area contributed by atoms with Gasteiger partial charge in [0.1, 0.15) is 18.0 Å². The molecule has 0 bridgehead atoms. The normalized spacial score (nSPS) is 11.4. The summed E-state index contributed by atoms with van der Waals surface area (Å²) in [6.45, 7) is 4.06. The van der Waals surface area contributed by atoms with Crippen LogP contribution in [0.4, 0.5) is 14.9 Å². The van der Waals surface area contributed by atoms with E-state index in [0.717, 1.165) is 12.1 Å². The number of halogens is 1. The van der Waals surface area contributed by atoms with Crippen molar-refractivity contribution in [3.8, 4) is 0 Å². The van der Waals surface area contributed by atoms with Gasteiger partial charge in [0.25, 0.3) is 0 Å². The molecule has 10 nitrogen and oxygen atoms in total. The van der Waals surface area contributed by atoms with Crippen molar-refractivity contribution in [3.05, 3.63) is 24.0 Å². The minimum absolute atomic E-state index is 0.284. The van der Waals surface area contributed by atoms with Gasteiger partial charge in [0.2, 0.25) is 21.8 Å². The van der Waals surface area contributed by atoms with E-state index in [2.05, 4.69) is 16.0 Å². The minimum Gasteiger partial charge on any atom is -0.444 e. The Kier molecular flexibility index (Phi) is 7.25. The summed E-state index contributed by atoms with van der Waals surface area (Å²) in [6.07, 6.45) is -0.792. The smallest absolute Gasteiger partial charge is 0.408 e. The fourth-order valence-corrected chi connectivity index (χ4v) is 2.20. The van der Waals surface area contributed by atoms with Crippen LogP contribution in [0.5, 0.6) is 0 Å². The molecule has 3 amide bonds. The number of hydrogen-bond donors (Lipinski definition) is 4. The van der Waals surface area contributed by atoms with Crippen LogP contribution in [0.25, 0.3) is 0 Å². The lowest BCUT2D eigenvalue weighted by Gasteiger charge is -2.19. The lowest BCUT2D eigenvalue weighted by Crippen LogP contribution is -2.41. The van der Waals surface area contributed by atoms with E-state index in [-0.39, 0.29) is 5.69 Å². The number of primary sulfonamides is 1. The van der Waals surface area contributed by atoms with Gasteiger partial charge in [-0.1, -0.05) is 0 Å². The number of nitrogens with two attached hydrogens (primary N) is 1. The molecule has 1 aromatic carbocycles. The molecule has 0 spiro atoms. The van der Waals surface area contributed by atoms with Gasteiger partial charge in [-0.25, -0.2) is 22.7 Å². The van der Waals surface area contributed by atoms with Crippen LogP contribution in [0.2, 0.25) is 0 Å². The average molecular weight is 404 g/mol. The molecular weight excluding hydrogens is 383 g/mol. The predicted molar refractivity (Wildman–Crippen MR) is 93.6 cm³/mol. The van der Waals surface area contributed by atoms with Crippen LogP contribution in [-0.4, -0.2) is 45.0 Å². The molecule has 0 radical (unpaired) electrons. The molecule has 0 saturated heterocycles. The number of rotatable bonds is 6. The van der Waals surface area contributed by atoms with Gasteiger partial charge >= 0.3 is 6.09 Å². The molecule has 150 valence electrons. The second kappa shape index (κ2) is 8.77. The van der Waals surface area contributed by atoms with Crippen molar-refractivity contribution < 1.29 is 31.9 Å². The molecule has 0 saturated carbocycles. The maximum absolute atomic E-state index is 13.8. The number of sulfonamides is 1. The van der Waals surface area contributed by atoms with E-state index in [1.165, 1.54) is 0 Å². The Morgan fingerprint density at radius 2 is 1.70 bits per heavy atom. The molecular formula is C15H21FN4O6S. The topological polar surface area (TPSA) is 157 Å². The van der Waals surface area contributed by atoms with E-state index in [0.29, 0.717) is 6.07 Å². The number of amides is 3. The van der Waals surface area contributed by atoms with Crippen LogP contribution in [0.3, 0.4) is 0 Å². The first kappa shape index (κ1) is 22.3. The van der Waals surface area contributed by atoms with Crippen molar-refractivity contribution in [2.45, 2.75) is 31.3 Å². The van der Waals surface area contributed by atoms with Crippen molar-refractivity contribution >= 4 is 33.6 Å². The number of hydrogen-bond acceptors (Lipinski definition) is 6. The van der Waals surface area contributed by atoms with Crippen molar-refractivity contribution in [1.82, 2.24) is 10.6 Å². The molecule has 27 heavy (non-hydrogen) atoms. The second-order valence-corrected chi connectivity index (χ2v) is 7.93. The second-order valence-electron chi connectivity index (χ2n) is 6.37. The van der Waals surface area contributed by atoms with Crippen molar-refractivity contribution in [1.29, 1.82) is 0 Å². The average Bonchev–Trinajstić information content (AvgIpc) is 2.50. The van der Waals surface area contributed by atoms with Crippen molar-refractivity contribution in [3.63, 3.8) is 0 Å². The summed E-state index contributed by atoms with van der Waals surface area (Å²) in [4.78, 5) is 34.3. The number of carbonyl (C=O) groups is 3. The Labute approximate surface area is 155 Å². The molecule has 0 aliphatic carbocycles. The fourth-order valence-electron chi connectivity index (χ4n) is 1.68. The predicted octanol–water partition coefficient (Wildman–Crippen LogP) is 0.0525. The molecule has 0 unspecified atom stereocenters. The summed E-state index contributed by atoms with van der Waals surface area (Å²) < 4.78 is 41.0. The van der Waals surface area contributed by atoms with Crippen LogP contribution in [-0.2, 0) is 24.3 Å². The van der Waals surface area contributed by atoms with E-state index in [4.69, 9.17) is 9.88 Å². The zero-order valence-electron chi connectivity index (χ0n) is 15.0. The van der Waals surface area contributed by atoms with Gasteiger partial charge in [-0.15, -0.1) is 0 Å². The molecule has 0 aliphatic heterocycles. The van der Waals surface area contributed by atoms with Crippen LogP contribution in [0.1, 0.15) is 20.8 Å². The Hall–Kier alpha value is -2.73. The van der Waals surface area contributed by atoms with Crippen LogP contribution < -0.4 is 21.1 Å². The van der Waals surface area contributed by atoms with Crippen molar-refractivity contribution in [2.24, 2.45) is 5.14 Å². The largest absolute Gasteiger partial charge is 0.444 e. The first-order chi connectivity index (χ1) is 12.3. The number of nitrogens with one attached hydrogen (secondary N) is 3. The summed E-state index contributed by atoms with van der Waals surface area (Å²) in [6, 6.07) is 2.71. The minimum atomic E-state index is -4.07. The van der Waals surface area contributed by atoms with Crippen LogP contribution in [0.15, 0.2) is 23.1 Å². The lowest BCUT2D eigenvalue weighted by atomic mass is 10.2. The molecule has 0 heterocycles. The zero-order valence-corrected chi connectivity index (χ0v) is 15.8. The molecule has 12 heteroatoms. The third-order valence-corrected chi connectivity index (χ3v) is 3.69. The van der Waals surface area contributed by atoms with E-state index >= 15 is 0 Å². The Bertz CT molecular complexity index is 835. The SMILES string of the molecule is CC(C)(C)OC(=O)NCC(=O)NCC(=O)Nc1ccc(S(N)(=O)=O)cc1F. The maximum Gasteiger partial charge on any atom is 0.408 e. The molecule has 1 rings (SSSR count). The van der Waals surface area contributed by atoms with E-state index in [1.54, 1.807) is 20.8 Å². The number of alkyl carbamates (subject to hydrolysis) is 1. The Balaban J connectivity index is 2.47.